The fraction of sp³-hybridized carbons (Fsp3) is 0.153. The van der Waals surface area contributed by atoms with Gasteiger partial charge in [0.15, 0.2) is 0 Å². The van der Waals surface area contributed by atoms with Crippen LogP contribution in [0.3, 0.4) is 0 Å². The van der Waals surface area contributed by atoms with Gasteiger partial charge in [-0.25, -0.2) is 4.79 Å². The van der Waals surface area contributed by atoms with Crippen LogP contribution in [0.1, 0.15) is 90.6 Å². The maximum absolute atomic E-state index is 12.1. The molecule has 0 saturated carbocycles. The van der Waals surface area contributed by atoms with E-state index in [0.717, 1.165) is 40.9 Å². The monoisotopic (exact) mass is 812 g/mol. The van der Waals surface area contributed by atoms with Crippen molar-refractivity contribution in [2.75, 3.05) is 4.90 Å². The van der Waals surface area contributed by atoms with Gasteiger partial charge in [0, 0.05) is 27.9 Å². The SMILES string of the molecule is CC1(C)C2=C(CCC(N(c3ccc4c(c3)C(C)(C)c3ccccc3-4)c3ccc4c(c3)C3(c5ccccc5-c5ccccc53)c3cc(/C=C(\C#N)C(=O)O)ccc3-4)=C2)c2ccccc21. The number of nitrogens with zero attached hydrogens (tertiary/aromatic N) is 2. The minimum absolute atomic E-state index is 0.135. The van der Waals surface area contributed by atoms with E-state index in [2.05, 4.69) is 184 Å². The maximum atomic E-state index is 12.1. The molecular formula is C59H44N2O2. The van der Waals surface area contributed by atoms with Crippen molar-refractivity contribution in [3.05, 3.63) is 225 Å². The average molecular weight is 813 g/mol. The van der Waals surface area contributed by atoms with Gasteiger partial charge in [0.05, 0.1) is 5.41 Å². The summed E-state index contributed by atoms with van der Waals surface area (Å²) in [5, 5.41) is 19.6. The van der Waals surface area contributed by atoms with E-state index in [1.807, 2.05) is 12.1 Å². The lowest BCUT2D eigenvalue weighted by molar-refractivity contribution is -0.132. The van der Waals surface area contributed by atoms with E-state index in [1.54, 1.807) is 0 Å². The van der Waals surface area contributed by atoms with Gasteiger partial charge in [-0.1, -0.05) is 149 Å². The van der Waals surface area contributed by atoms with E-state index >= 15 is 0 Å². The molecule has 5 aliphatic carbocycles. The Morgan fingerprint density at radius 1 is 0.556 bits per heavy atom. The van der Waals surface area contributed by atoms with Crippen molar-refractivity contribution in [1.29, 1.82) is 5.26 Å². The van der Waals surface area contributed by atoms with Gasteiger partial charge in [0.25, 0.3) is 0 Å². The van der Waals surface area contributed by atoms with Gasteiger partial charge in [-0.15, -0.1) is 0 Å². The molecule has 1 spiro atoms. The summed E-state index contributed by atoms with van der Waals surface area (Å²) in [4.78, 5) is 14.6. The Kier molecular flexibility index (Phi) is 7.71. The minimum atomic E-state index is -1.24. The molecule has 7 aromatic carbocycles. The van der Waals surface area contributed by atoms with Gasteiger partial charge < -0.3 is 10.0 Å². The molecule has 12 rings (SSSR count). The van der Waals surface area contributed by atoms with E-state index in [9.17, 15) is 15.2 Å². The fourth-order valence-electron chi connectivity index (χ4n) is 12.2. The Morgan fingerprint density at radius 3 is 1.63 bits per heavy atom. The number of hydrogen-bond acceptors (Lipinski definition) is 3. The number of rotatable bonds is 5. The van der Waals surface area contributed by atoms with Crippen molar-refractivity contribution >= 4 is 29.0 Å². The molecule has 1 N–H and O–H groups in total. The number of aliphatic carboxylic acids is 1. The van der Waals surface area contributed by atoms with Gasteiger partial charge in [0.2, 0.25) is 0 Å². The first-order chi connectivity index (χ1) is 30.5. The van der Waals surface area contributed by atoms with Crippen LogP contribution < -0.4 is 4.90 Å². The lowest BCUT2D eigenvalue weighted by Gasteiger charge is -2.35. The summed E-state index contributed by atoms with van der Waals surface area (Å²) in [5.41, 5.74) is 23.1. The molecule has 0 saturated heterocycles. The smallest absolute Gasteiger partial charge is 0.346 e. The first-order valence-corrected chi connectivity index (χ1v) is 22.0. The highest BCUT2D eigenvalue weighted by molar-refractivity contribution is 5.99. The topological polar surface area (TPSA) is 64.3 Å². The third-order valence-corrected chi connectivity index (χ3v) is 15.0. The second-order valence-corrected chi connectivity index (χ2v) is 18.8. The van der Waals surface area contributed by atoms with Crippen molar-refractivity contribution in [3.8, 4) is 39.4 Å². The van der Waals surface area contributed by atoms with Crippen molar-refractivity contribution in [3.63, 3.8) is 0 Å². The van der Waals surface area contributed by atoms with Crippen LogP contribution in [0.15, 0.2) is 175 Å². The zero-order chi connectivity index (χ0) is 43.0. The van der Waals surface area contributed by atoms with Crippen LogP contribution in [0.2, 0.25) is 0 Å². The van der Waals surface area contributed by atoms with Gasteiger partial charge in [-0.3, -0.25) is 0 Å². The fourth-order valence-corrected chi connectivity index (χ4v) is 12.2. The molecule has 302 valence electrons. The largest absolute Gasteiger partial charge is 0.477 e. The van der Waals surface area contributed by atoms with Crippen molar-refractivity contribution in [1.82, 2.24) is 0 Å². The average Bonchev–Trinajstić information content (AvgIpc) is 3.93. The summed E-state index contributed by atoms with van der Waals surface area (Å²) >= 11 is 0. The van der Waals surface area contributed by atoms with Gasteiger partial charge >= 0.3 is 5.97 Å². The number of allylic oxidation sites excluding steroid dienone is 4. The molecule has 0 fully saturated rings. The molecule has 0 aromatic heterocycles. The lowest BCUT2D eigenvalue weighted by Crippen LogP contribution is -2.27. The molecule has 4 heteroatoms. The summed E-state index contributed by atoms with van der Waals surface area (Å²) in [6.45, 7) is 9.45. The zero-order valence-corrected chi connectivity index (χ0v) is 35.8. The summed E-state index contributed by atoms with van der Waals surface area (Å²) in [6.07, 6.45) is 5.84. The van der Waals surface area contributed by atoms with E-state index in [1.165, 1.54) is 84.1 Å². The molecule has 0 amide bonds. The van der Waals surface area contributed by atoms with Gasteiger partial charge in [-0.2, -0.15) is 5.26 Å². The molecular weight excluding hydrogens is 769 g/mol. The Bertz CT molecular complexity index is 3300. The summed E-state index contributed by atoms with van der Waals surface area (Å²) in [6, 6.07) is 57.5. The molecule has 63 heavy (non-hydrogen) atoms. The van der Waals surface area contributed by atoms with Crippen LogP contribution in [0.4, 0.5) is 11.4 Å². The zero-order valence-electron chi connectivity index (χ0n) is 35.8. The van der Waals surface area contributed by atoms with Crippen LogP contribution >= 0.6 is 0 Å². The molecule has 0 aliphatic heterocycles. The first kappa shape index (κ1) is 37.3. The number of carboxylic acid groups (broad SMARTS) is 1. The van der Waals surface area contributed by atoms with E-state index < -0.39 is 11.4 Å². The molecule has 0 unspecified atom stereocenters. The van der Waals surface area contributed by atoms with E-state index in [0.29, 0.717) is 5.56 Å². The highest BCUT2D eigenvalue weighted by atomic mass is 16.4. The molecule has 4 nitrogen and oxygen atoms in total. The Balaban J connectivity index is 1.11. The van der Waals surface area contributed by atoms with Crippen LogP contribution in [0, 0.1) is 11.3 Å². The molecule has 5 aliphatic rings. The number of nitriles is 1. The molecule has 0 bridgehead atoms. The van der Waals surface area contributed by atoms with Crippen LogP contribution in [-0.2, 0) is 21.0 Å². The number of carbonyl (C=O) groups is 1. The van der Waals surface area contributed by atoms with Gasteiger partial charge in [0.1, 0.15) is 11.6 Å². The van der Waals surface area contributed by atoms with Crippen molar-refractivity contribution < 1.29 is 9.90 Å². The van der Waals surface area contributed by atoms with Crippen LogP contribution in [-0.4, -0.2) is 11.1 Å². The molecule has 0 radical (unpaired) electrons. The summed E-state index contributed by atoms with van der Waals surface area (Å²) in [5.74, 6) is -1.24. The predicted molar refractivity (Wildman–Crippen MR) is 254 cm³/mol. The highest BCUT2D eigenvalue weighted by Crippen LogP contribution is 2.64. The summed E-state index contributed by atoms with van der Waals surface area (Å²) in [7, 11) is 0. The van der Waals surface area contributed by atoms with Crippen LogP contribution in [0.5, 0.6) is 0 Å². The lowest BCUT2D eigenvalue weighted by atomic mass is 9.70. The molecule has 7 aromatic rings. The third-order valence-electron chi connectivity index (χ3n) is 15.0. The molecule has 0 atom stereocenters. The standard InChI is InChI=1S/C59H44N2O2/c1-57(2)48-17-9-5-13-40(48)44-26-22-37(31-52(44)57)61(38-23-27-45-41-14-6-10-18-49(41)58(3,4)53(45)32-38)39-24-28-47-46-25-21-35(29-36(34-60)56(62)63)30-54(46)59(55(47)33-39)50-19-11-7-15-42(50)43-16-8-12-20-51(43)59/h5-22,24-26,28-33H,23,27H2,1-4H3,(H,62,63)/b36-29+. The number of anilines is 2. The van der Waals surface area contributed by atoms with Crippen molar-refractivity contribution in [2.24, 2.45) is 0 Å². The Labute approximate surface area is 368 Å². The number of benzene rings is 7. The van der Waals surface area contributed by atoms with Crippen molar-refractivity contribution in [2.45, 2.75) is 56.8 Å². The molecule has 0 heterocycles. The second-order valence-electron chi connectivity index (χ2n) is 18.8. The predicted octanol–water partition coefficient (Wildman–Crippen LogP) is 13.9. The Morgan fingerprint density at radius 2 is 1.03 bits per heavy atom. The van der Waals surface area contributed by atoms with Gasteiger partial charge in [-0.05, 0) is 150 Å². The normalized spacial score (nSPS) is 17.1. The van der Waals surface area contributed by atoms with E-state index in [-0.39, 0.29) is 16.4 Å². The second kappa shape index (κ2) is 13.0. The quantitative estimate of drug-likeness (QED) is 0.139. The third kappa shape index (κ3) is 4.94. The number of hydrogen-bond donors (Lipinski definition) is 1. The van der Waals surface area contributed by atoms with E-state index in [4.69, 9.17) is 0 Å². The minimum Gasteiger partial charge on any atom is -0.477 e. The van der Waals surface area contributed by atoms with Crippen LogP contribution in [0.25, 0.3) is 45.0 Å². The Hall–Kier alpha value is -7.48. The summed E-state index contributed by atoms with van der Waals surface area (Å²) < 4.78 is 0. The highest BCUT2D eigenvalue weighted by Gasteiger charge is 2.52. The number of fused-ring (bicyclic) bond motifs is 15. The first-order valence-electron chi connectivity index (χ1n) is 22.0. The number of carboxylic acids is 1. The maximum Gasteiger partial charge on any atom is 0.346 e.